The Morgan fingerprint density at radius 2 is 1.68 bits per heavy atom. The summed E-state index contributed by atoms with van der Waals surface area (Å²) in [4.78, 5) is 19.7. The standard InChI is InChI=1S/C27H37FN8O/c1-2-3-4-5-24-32-20-23(28)26(34-24)33-19-22-8-6-21(7-9-22)18-31-25-10-11-29-27(35-25)30-12-13-36-14-16-37-17-15-36/h6-11,20H,2-5,12-19H2,1H3,(H,32,33,34)(H2,29,30,31,35). The molecule has 1 fully saturated rings. The largest absolute Gasteiger partial charge is 0.379 e. The van der Waals surface area contributed by atoms with Crippen molar-refractivity contribution in [3.8, 4) is 0 Å². The van der Waals surface area contributed by atoms with Crippen LogP contribution in [-0.2, 0) is 24.2 Å². The van der Waals surface area contributed by atoms with Crippen LogP contribution in [0.1, 0.15) is 43.1 Å². The van der Waals surface area contributed by atoms with Crippen LogP contribution >= 0.6 is 0 Å². The maximum atomic E-state index is 14.2. The van der Waals surface area contributed by atoms with E-state index in [9.17, 15) is 4.39 Å². The fourth-order valence-electron chi connectivity index (χ4n) is 4.03. The van der Waals surface area contributed by atoms with Gasteiger partial charge in [-0.3, -0.25) is 4.90 Å². The first-order chi connectivity index (χ1) is 18.2. The molecule has 0 bridgehead atoms. The zero-order valence-corrected chi connectivity index (χ0v) is 21.5. The van der Waals surface area contributed by atoms with Crippen LogP contribution in [0.5, 0.6) is 0 Å². The molecular formula is C27H37FN8O. The molecule has 1 saturated heterocycles. The SMILES string of the molecule is CCCCCc1ncc(F)c(NCc2ccc(CNc3ccnc(NCCN4CCOCC4)n3)cc2)n1. The number of unbranched alkanes of at least 4 members (excludes halogenated alkanes) is 2. The van der Waals surface area contributed by atoms with Gasteiger partial charge in [-0.25, -0.2) is 19.3 Å². The summed E-state index contributed by atoms with van der Waals surface area (Å²) >= 11 is 0. The van der Waals surface area contributed by atoms with Crippen molar-refractivity contribution in [1.29, 1.82) is 0 Å². The van der Waals surface area contributed by atoms with Gasteiger partial charge in [0.25, 0.3) is 0 Å². The lowest BCUT2D eigenvalue weighted by atomic mass is 10.1. The molecule has 1 aliphatic rings. The normalized spacial score (nSPS) is 13.9. The number of rotatable bonds is 14. The Labute approximate surface area is 218 Å². The van der Waals surface area contributed by atoms with E-state index in [1.54, 1.807) is 6.20 Å². The first kappa shape index (κ1) is 26.7. The topological polar surface area (TPSA) is 100 Å². The fraction of sp³-hybridized carbons (Fsp3) is 0.481. The highest BCUT2D eigenvalue weighted by atomic mass is 19.1. The van der Waals surface area contributed by atoms with Gasteiger partial charge in [0, 0.05) is 51.9 Å². The van der Waals surface area contributed by atoms with E-state index in [0.717, 1.165) is 82.0 Å². The molecule has 0 atom stereocenters. The van der Waals surface area contributed by atoms with Crippen molar-refractivity contribution in [2.24, 2.45) is 0 Å². The summed E-state index contributed by atoms with van der Waals surface area (Å²) in [6, 6.07) is 10.0. The Kier molecular flexibility index (Phi) is 10.4. The lowest BCUT2D eigenvalue weighted by Crippen LogP contribution is -2.39. The van der Waals surface area contributed by atoms with Crippen LogP contribution < -0.4 is 16.0 Å². The van der Waals surface area contributed by atoms with Crippen molar-refractivity contribution >= 4 is 17.6 Å². The first-order valence-corrected chi connectivity index (χ1v) is 13.1. The molecule has 3 N–H and O–H groups in total. The summed E-state index contributed by atoms with van der Waals surface area (Å²) in [7, 11) is 0. The van der Waals surface area contributed by atoms with E-state index in [1.165, 1.54) is 6.20 Å². The molecule has 198 valence electrons. The molecule has 9 nitrogen and oxygen atoms in total. The third-order valence-electron chi connectivity index (χ3n) is 6.22. The van der Waals surface area contributed by atoms with Crippen LogP contribution in [0.25, 0.3) is 0 Å². The lowest BCUT2D eigenvalue weighted by Gasteiger charge is -2.26. The number of halogens is 1. The van der Waals surface area contributed by atoms with Crippen molar-refractivity contribution in [1.82, 2.24) is 24.8 Å². The number of ether oxygens (including phenoxy) is 1. The minimum absolute atomic E-state index is 0.255. The number of morpholine rings is 1. The van der Waals surface area contributed by atoms with E-state index >= 15 is 0 Å². The summed E-state index contributed by atoms with van der Waals surface area (Å²) in [6.07, 6.45) is 7.04. The molecule has 0 spiro atoms. The van der Waals surface area contributed by atoms with E-state index in [-0.39, 0.29) is 5.82 Å². The number of aromatic nitrogens is 4. The predicted octanol–water partition coefficient (Wildman–Crippen LogP) is 4.11. The molecule has 0 saturated carbocycles. The number of aryl methyl sites for hydroxylation is 1. The monoisotopic (exact) mass is 508 g/mol. The molecule has 0 amide bonds. The molecule has 3 heterocycles. The smallest absolute Gasteiger partial charge is 0.224 e. The van der Waals surface area contributed by atoms with Crippen LogP contribution in [0.4, 0.5) is 22.0 Å². The van der Waals surface area contributed by atoms with E-state index in [0.29, 0.717) is 24.9 Å². The van der Waals surface area contributed by atoms with Gasteiger partial charge in [0.1, 0.15) is 11.6 Å². The Morgan fingerprint density at radius 3 is 2.43 bits per heavy atom. The third-order valence-corrected chi connectivity index (χ3v) is 6.22. The summed E-state index contributed by atoms with van der Waals surface area (Å²) in [5.74, 6) is 1.89. The second-order valence-electron chi connectivity index (χ2n) is 9.11. The second-order valence-corrected chi connectivity index (χ2v) is 9.11. The van der Waals surface area contributed by atoms with Crippen molar-refractivity contribution < 1.29 is 9.13 Å². The van der Waals surface area contributed by atoms with Crippen molar-refractivity contribution in [3.05, 3.63) is 65.5 Å². The number of benzene rings is 1. The number of hydrogen-bond acceptors (Lipinski definition) is 9. The number of nitrogens with zero attached hydrogens (tertiary/aromatic N) is 5. The van der Waals surface area contributed by atoms with Crippen LogP contribution in [0.2, 0.25) is 0 Å². The Bertz CT molecular complexity index is 1090. The highest BCUT2D eigenvalue weighted by molar-refractivity contribution is 5.41. The molecule has 1 aliphatic heterocycles. The van der Waals surface area contributed by atoms with Crippen LogP contribution in [0.15, 0.2) is 42.7 Å². The first-order valence-electron chi connectivity index (χ1n) is 13.1. The minimum Gasteiger partial charge on any atom is -0.379 e. The Balaban J connectivity index is 1.21. The number of nitrogens with one attached hydrogen (secondary N) is 3. The summed E-state index contributed by atoms with van der Waals surface area (Å²) in [6.45, 7) is 8.54. The molecule has 4 rings (SSSR count). The predicted molar refractivity (Wildman–Crippen MR) is 144 cm³/mol. The quantitative estimate of drug-likeness (QED) is 0.278. The van der Waals surface area contributed by atoms with E-state index < -0.39 is 5.82 Å². The Hall–Kier alpha value is -3.37. The lowest BCUT2D eigenvalue weighted by molar-refractivity contribution is 0.0398. The third kappa shape index (κ3) is 8.91. The fourth-order valence-corrected chi connectivity index (χ4v) is 4.03. The van der Waals surface area contributed by atoms with Gasteiger partial charge in [0.2, 0.25) is 5.95 Å². The maximum absolute atomic E-state index is 14.2. The van der Waals surface area contributed by atoms with Gasteiger partial charge in [0.15, 0.2) is 11.6 Å². The summed E-state index contributed by atoms with van der Waals surface area (Å²) < 4.78 is 19.5. The molecule has 3 aromatic rings. The van der Waals surface area contributed by atoms with Crippen LogP contribution in [0, 0.1) is 5.82 Å². The zero-order valence-electron chi connectivity index (χ0n) is 21.5. The molecule has 37 heavy (non-hydrogen) atoms. The second kappa shape index (κ2) is 14.4. The van der Waals surface area contributed by atoms with Crippen molar-refractivity contribution in [2.75, 3.05) is 55.3 Å². The number of anilines is 3. The summed E-state index contributed by atoms with van der Waals surface area (Å²) in [5.41, 5.74) is 2.17. The van der Waals surface area contributed by atoms with E-state index in [1.807, 2.05) is 18.2 Å². The van der Waals surface area contributed by atoms with Crippen LogP contribution in [-0.4, -0.2) is 64.2 Å². The van der Waals surface area contributed by atoms with Gasteiger partial charge in [-0.2, -0.15) is 4.98 Å². The van der Waals surface area contributed by atoms with Crippen molar-refractivity contribution in [2.45, 2.75) is 45.7 Å². The minimum atomic E-state index is -0.431. The van der Waals surface area contributed by atoms with Crippen LogP contribution in [0.3, 0.4) is 0 Å². The molecular weight excluding hydrogens is 471 g/mol. The maximum Gasteiger partial charge on any atom is 0.224 e. The molecule has 10 heteroatoms. The van der Waals surface area contributed by atoms with E-state index in [2.05, 4.69) is 59.8 Å². The van der Waals surface area contributed by atoms with Gasteiger partial charge in [-0.15, -0.1) is 0 Å². The molecule has 2 aromatic heterocycles. The van der Waals surface area contributed by atoms with Gasteiger partial charge >= 0.3 is 0 Å². The average Bonchev–Trinajstić information content (AvgIpc) is 2.94. The average molecular weight is 509 g/mol. The molecule has 0 unspecified atom stereocenters. The van der Waals surface area contributed by atoms with E-state index in [4.69, 9.17) is 4.74 Å². The van der Waals surface area contributed by atoms with Gasteiger partial charge < -0.3 is 20.7 Å². The molecule has 1 aromatic carbocycles. The zero-order chi connectivity index (χ0) is 25.7. The number of hydrogen-bond donors (Lipinski definition) is 3. The summed E-state index contributed by atoms with van der Waals surface area (Å²) in [5, 5.41) is 9.76. The van der Waals surface area contributed by atoms with Gasteiger partial charge in [-0.1, -0.05) is 44.0 Å². The Morgan fingerprint density at radius 1 is 0.919 bits per heavy atom. The molecule has 0 radical (unpaired) electrons. The molecule has 0 aliphatic carbocycles. The highest BCUT2D eigenvalue weighted by Crippen LogP contribution is 2.14. The van der Waals surface area contributed by atoms with Gasteiger partial charge in [0.05, 0.1) is 19.4 Å². The van der Waals surface area contributed by atoms with Gasteiger partial charge in [-0.05, 0) is 23.6 Å². The highest BCUT2D eigenvalue weighted by Gasteiger charge is 2.10. The van der Waals surface area contributed by atoms with Crippen molar-refractivity contribution in [3.63, 3.8) is 0 Å².